The molecule has 25 heavy (non-hydrogen) atoms. The average molecular weight is 337 g/mol. The van der Waals surface area contributed by atoms with E-state index in [-0.39, 0.29) is 11.6 Å². The van der Waals surface area contributed by atoms with E-state index in [2.05, 4.69) is 20.3 Å². The fraction of sp³-hybridized carbons (Fsp3) is 0.222. The summed E-state index contributed by atoms with van der Waals surface area (Å²) in [5, 5.41) is 2.84. The molecule has 0 unspecified atom stereocenters. The van der Waals surface area contributed by atoms with E-state index in [0.717, 1.165) is 22.5 Å². The van der Waals surface area contributed by atoms with Crippen molar-refractivity contribution in [3.8, 4) is 0 Å². The lowest BCUT2D eigenvalue weighted by atomic mass is 10.1. The van der Waals surface area contributed by atoms with Gasteiger partial charge in [-0.3, -0.25) is 9.36 Å². The average Bonchev–Trinajstić information content (AvgIpc) is 2.96. The minimum Gasteiger partial charge on any atom is -0.346 e. The fourth-order valence-electron chi connectivity index (χ4n) is 2.64. The van der Waals surface area contributed by atoms with Gasteiger partial charge in [0.1, 0.15) is 12.0 Å². The first kappa shape index (κ1) is 16.6. The van der Waals surface area contributed by atoms with E-state index in [1.165, 1.54) is 17.1 Å². The van der Waals surface area contributed by atoms with Gasteiger partial charge < -0.3 is 10.3 Å². The molecule has 2 heterocycles. The summed E-state index contributed by atoms with van der Waals surface area (Å²) in [5.74, 6) is -0.322. The van der Waals surface area contributed by atoms with Crippen LogP contribution in [0.5, 0.6) is 0 Å². The Morgan fingerprint density at radius 1 is 1.16 bits per heavy atom. The van der Waals surface area contributed by atoms with Gasteiger partial charge in [0.05, 0.1) is 6.54 Å². The molecule has 7 nitrogen and oxygen atoms in total. The van der Waals surface area contributed by atoms with Crippen molar-refractivity contribution in [3.05, 3.63) is 81.5 Å². The molecule has 1 aromatic carbocycles. The summed E-state index contributed by atoms with van der Waals surface area (Å²) >= 11 is 0. The highest BCUT2D eigenvalue weighted by molar-refractivity contribution is 5.92. The Kier molecular flexibility index (Phi) is 4.74. The number of aromatic amines is 1. The first-order valence-corrected chi connectivity index (χ1v) is 7.93. The van der Waals surface area contributed by atoms with Crippen molar-refractivity contribution < 1.29 is 4.79 Å². The fourth-order valence-corrected chi connectivity index (χ4v) is 2.64. The molecule has 7 heteroatoms. The van der Waals surface area contributed by atoms with Crippen molar-refractivity contribution in [1.82, 2.24) is 24.8 Å². The Morgan fingerprint density at radius 3 is 2.52 bits per heavy atom. The summed E-state index contributed by atoms with van der Waals surface area (Å²) in [6, 6.07) is 9.52. The molecule has 0 aliphatic heterocycles. The lowest BCUT2D eigenvalue weighted by Gasteiger charge is -2.11. The number of carbonyl (C=O) groups is 1. The highest BCUT2D eigenvalue weighted by atomic mass is 16.2. The molecule has 0 spiro atoms. The largest absolute Gasteiger partial charge is 0.346 e. The number of amides is 1. The number of hydrogen-bond donors (Lipinski definition) is 2. The van der Waals surface area contributed by atoms with Crippen molar-refractivity contribution in [2.45, 2.75) is 26.9 Å². The Labute approximate surface area is 144 Å². The third-order valence-electron chi connectivity index (χ3n) is 4.09. The van der Waals surface area contributed by atoms with E-state index in [0.29, 0.717) is 18.8 Å². The number of rotatable bonds is 5. The van der Waals surface area contributed by atoms with Crippen LogP contribution in [0.2, 0.25) is 0 Å². The lowest BCUT2D eigenvalue weighted by molar-refractivity contribution is 0.0941. The third-order valence-corrected chi connectivity index (χ3v) is 4.09. The molecule has 0 saturated carbocycles. The van der Waals surface area contributed by atoms with Crippen LogP contribution in [0, 0.1) is 13.8 Å². The predicted octanol–water partition coefficient (Wildman–Crippen LogP) is 1.56. The Morgan fingerprint density at radius 2 is 1.84 bits per heavy atom. The van der Waals surface area contributed by atoms with Gasteiger partial charge in [-0.15, -0.1) is 0 Å². The molecular formula is C18H19N5O2. The molecule has 0 bridgehead atoms. The molecule has 2 N–H and O–H groups in total. The van der Waals surface area contributed by atoms with E-state index in [1.54, 1.807) is 0 Å². The van der Waals surface area contributed by atoms with Crippen LogP contribution in [0.4, 0.5) is 0 Å². The molecular weight excluding hydrogens is 318 g/mol. The van der Waals surface area contributed by atoms with Crippen LogP contribution in [-0.2, 0) is 13.1 Å². The molecule has 1 amide bonds. The molecule has 0 aliphatic rings. The van der Waals surface area contributed by atoms with Gasteiger partial charge in [0, 0.05) is 29.7 Å². The van der Waals surface area contributed by atoms with Crippen molar-refractivity contribution >= 4 is 5.91 Å². The Hall–Kier alpha value is -3.22. The standard InChI is InChI=1S/C18H19N5O2/c1-12-15(13(2)22-11-21-12)8-19-17(24)16-9-20-18(25)23(16)10-14-6-4-3-5-7-14/h3-7,9,11H,8,10H2,1-2H3,(H,19,24)(H,20,25). The zero-order chi connectivity index (χ0) is 17.8. The smallest absolute Gasteiger partial charge is 0.326 e. The van der Waals surface area contributed by atoms with Crippen LogP contribution in [0.15, 0.2) is 47.7 Å². The number of aromatic nitrogens is 4. The molecule has 0 fully saturated rings. The number of nitrogens with zero attached hydrogens (tertiary/aromatic N) is 3. The van der Waals surface area contributed by atoms with Gasteiger partial charge in [-0.2, -0.15) is 0 Å². The van der Waals surface area contributed by atoms with Gasteiger partial charge in [-0.05, 0) is 19.4 Å². The van der Waals surface area contributed by atoms with Crippen LogP contribution in [0.1, 0.15) is 33.0 Å². The number of H-pyrrole nitrogens is 1. The number of imidazole rings is 1. The highest BCUT2D eigenvalue weighted by Gasteiger charge is 2.15. The SMILES string of the molecule is Cc1ncnc(C)c1CNC(=O)c1c[nH]c(=O)n1Cc1ccccc1. The first-order chi connectivity index (χ1) is 12.1. The number of carbonyl (C=O) groups excluding carboxylic acids is 1. The van der Waals surface area contributed by atoms with Gasteiger partial charge in [0.15, 0.2) is 0 Å². The van der Waals surface area contributed by atoms with Gasteiger partial charge in [0.25, 0.3) is 5.91 Å². The topological polar surface area (TPSA) is 92.7 Å². The second-order valence-corrected chi connectivity index (χ2v) is 5.76. The van der Waals surface area contributed by atoms with E-state index in [1.807, 2.05) is 44.2 Å². The summed E-state index contributed by atoms with van der Waals surface area (Å²) in [6.07, 6.45) is 2.93. The second kappa shape index (κ2) is 7.12. The van der Waals surface area contributed by atoms with Crippen LogP contribution in [0.3, 0.4) is 0 Å². The summed E-state index contributed by atoms with van der Waals surface area (Å²) in [5.41, 5.74) is 3.45. The zero-order valence-electron chi connectivity index (χ0n) is 14.1. The van der Waals surface area contributed by atoms with Crippen LogP contribution < -0.4 is 11.0 Å². The maximum atomic E-state index is 12.5. The molecule has 0 saturated heterocycles. The second-order valence-electron chi connectivity index (χ2n) is 5.76. The van der Waals surface area contributed by atoms with E-state index in [9.17, 15) is 9.59 Å². The summed E-state index contributed by atoms with van der Waals surface area (Å²) in [7, 11) is 0. The maximum absolute atomic E-state index is 12.5. The number of nitrogens with one attached hydrogen (secondary N) is 2. The maximum Gasteiger partial charge on any atom is 0.326 e. The molecule has 0 aliphatic carbocycles. The van der Waals surface area contributed by atoms with Gasteiger partial charge in [0.2, 0.25) is 0 Å². The summed E-state index contributed by atoms with van der Waals surface area (Å²) < 4.78 is 1.42. The monoisotopic (exact) mass is 337 g/mol. The highest BCUT2D eigenvalue weighted by Crippen LogP contribution is 2.08. The van der Waals surface area contributed by atoms with Crippen LogP contribution in [0.25, 0.3) is 0 Å². The van der Waals surface area contributed by atoms with Gasteiger partial charge >= 0.3 is 5.69 Å². The van der Waals surface area contributed by atoms with E-state index < -0.39 is 0 Å². The zero-order valence-corrected chi connectivity index (χ0v) is 14.1. The molecule has 3 rings (SSSR count). The molecule has 0 atom stereocenters. The van der Waals surface area contributed by atoms with Crippen molar-refractivity contribution in [2.24, 2.45) is 0 Å². The lowest BCUT2D eigenvalue weighted by Crippen LogP contribution is -2.29. The third kappa shape index (κ3) is 3.65. The Balaban J connectivity index is 1.78. The number of benzene rings is 1. The van der Waals surface area contributed by atoms with Crippen molar-refractivity contribution in [2.75, 3.05) is 0 Å². The number of hydrogen-bond acceptors (Lipinski definition) is 4. The predicted molar refractivity (Wildman–Crippen MR) is 93.3 cm³/mol. The quantitative estimate of drug-likeness (QED) is 0.739. The minimum atomic E-state index is -0.322. The van der Waals surface area contributed by atoms with E-state index >= 15 is 0 Å². The minimum absolute atomic E-state index is 0.293. The van der Waals surface area contributed by atoms with Gasteiger partial charge in [-0.1, -0.05) is 30.3 Å². The molecule has 128 valence electrons. The van der Waals surface area contributed by atoms with Crippen molar-refractivity contribution in [3.63, 3.8) is 0 Å². The van der Waals surface area contributed by atoms with Gasteiger partial charge in [-0.25, -0.2) is 14.8 Å². The molecule has 2 aromatic heterocycles. The normalized spacial score (nSPS) is 10.6. The Bertz CT molecular complexity index is 923. The molecule has 3 aromatic rings. The van der Waals surface area contributed by atoms with Crippen LogP contribution in [-0.4, -0.2) is 25.4 Å². The van der Waals surface area contributed by atoms with E-state index in [4.69, 9.17) is 0 Å². The summed E-state index contributed by atoms with van der Waals surface area (Å²) in [6.45, 7) is 4.38. The number of aryl methyl sites for hydroxylation is 2. The first-order valence-electron chi connectivity index (χ1n) is 7.93. The summed E-state index contributed by atoms with van der Waals surface area (Å²) in [4.78, 5) is 35.4. The van der Waals surface area contributed by atoms with Crippen molar-refractivity contribution in [1.29, 1.82) is 0 Å². The molecule has 0 radical (unpaired) electrons. The van der Waals surface area contributed by atoms with Crippen LogP contribution >= 0.6 is 0 Å².